The predicted molar refractivity (Wildman–Crippen MR) is 104 cm³/mol. The highest BCUT2D eigenvalue weighted by molar-refractivity contribution is 6.00. The van der Waals surface area contributed by atoms with Gasteiger partial charge < -0.3 is 25.2 Å². The summed E-state index contributed by atoms with van der Waals surface area (Å²) in [6.45, 7) is 2.40. The summed E-state index contributed by atoms with van der Waals surface area (Å²) in [5, 5.41) is 5.88. The SMILES string of the molecule is CNC(=O)CCC(C=O)N1Cc2cc(N3CCC(NC)CC3)ccc2C1=O. The molecule has 3 rings (SSSR count). The molecule has 7 nitrogen and oxygen atoms in total. The van der Waals surface area contributed by atoms with Crippen molar-refractivity contribution < 1.29 is 14.4 Å². The summed E-state index contributed by atoms with van der Waals surface area (Å²) in [7, 11) is 3.57. The minimum Gasteiger partial charge on any atom is -0.371 e. The van der Waals surface area contributed by atoms with Gasteiger partial charge in [0.1, 0.15) is 6.29 Å². The van der Waals surface area contributed by atoms with Crippen LogP contribution in [0.3, 0.4) is 0 Å². The Bertz CT molecular complexity index is 713. The number of benzene rings is 1. The average molecular weight is 372 g/mol. The van der Waals surface area contributed by atoms with Crippen LogP contribution in [-0.2, 0) is 16.1 Å². The summed E-state index contributed by atoms with van der Waals surface area (Å²) in [6, 6.07) is 5.95. The molecule has 0 aromatic heterocycles. The van der Waals surface area contributed by atoms with Crippen LogP contribution >= 0.6 is 0 Å². The van der Waals surface area contributed by atoms with Crippen LogP contribution in [0.5, 0.6) is 0 Å². The Morgan fingerprint density at radius 3 is 2.67 bits per heavy atom. The number of fused-ring (bicyclic) bond motifs is 1. The zero-order valence-electron chi connectivity index (χ0n) is 16.0. The summed E-state index contributed by atoms with van der Waals surface area (Å²) in [4.78, 5) is 39.7. The number of aldehydes is 1. The molecule has 2 aliphatic heterocycles. The Morgan fingerprint density at radius 1 is 1.30 bits per heavy atom. The Hall–Kier alpha value is -2.41. The standard InChI is InChI=1S/C20H28N4O3/c1-21-15-7-9-23(10-8-15)16-3-5-18-14(11-16)12-24(20(18)27)17(13-25)4-6-19(26)22-2/h3,5,11,13,15,17,21H,4,6-10,12H2,1-2H3,(H,22,26). The van der Waals surface area contributed by atoms with Crippen LogP contribution in [0.4, 0.5) is 5.69 Å². The maximum absolute atomic E-state index is 12.7. The van der Waals surface area contributed by atoms with Crippen molar-refractivity contribution in [3.05, 3.63) is 29.3 Å². The second-order valence-electron chi connectivity index (χ2n) is 7.24. The Kier molecular flexibility index (Phi) is 6.11. The number of hydrogen-bond donors (Lipinski definition) is 2. The highest BCUT2D eigenvalue weighted by Gasteiger charge is 2.33. The van der Waals surface area contributed by atoms with E-state index < -0.39 is 6.04 Å². The number of amides is 2. The second kappa shape index (κ2) is 8.52. The lowest BCUT2D eigenvalue weighted by Gasteiger charge is -2.33. The molecule has 0 bridgehead atoms. The molecule has 1 atom stereocenters. The van der Waals surface area contributed by atoms with Crippen molar-refractivity contribution in [2.75, 3.05) is 32.1 Å². The van der Waals surface area contributed by atoms with Crippen molar-refractivity contribution in [3.8, 4) is 0 Å². The molecule has 2 aliphatic rings. The molecule has 1 saturated heterocycles. The lowest BCUT2D eigenvalue weighted by atomic mass is 10.0. The average Bonchev–Trinajstić information content (AvgIpc) is 3.04. The molecule has 0 aliphatic carbocycles. The molecule has 146 valence electrons. The lowest BCUT2D eigenvalue weighted by molar-refractivity contribution is -0.121. The molecule has 2 N–H and O–H groups in total. The fourth-order valence-electron chi connectivity index (χ4n) is 3.92. The summed E-state index contributed by atoms with van der Waals surface area (Å²) >= 11 is 0. The third-order valence-electron chi connectivity index (χ3n) is 5.69. The number of rotatable bonds is 7. The normalized spacial score (nSPS) is 18.4. The van der Waals surface area contributed by atoms with Gasteiger partial charge in [-0.1, -0.05) is 0 Å². The summed E-state index contributed by atoms with van der Waals surface area (Å²) in [5.41, 5.74) is 2.75. The first-order valence-electron chi connectivity index (χ1n) is 9.59. The molecular formula is C20H28N4O3. The van der Waals surface area contributed by atoms with Gasteiger partial charge in [0.25, 0.3) is 5.91 Å². The first kappa shape index (κ1) is 19.4. The number of anilines is 1. The molecule has 1 aromatic rings. The van der Waals surface area contributed by atoms with Crippen LogP contribution in [0.15, 0.2) is 18.2 Å². The zero-order chi connectivity index (χ0) is 19.4. The fourth-order valence-corrected chi connectivity index (χ4v) is 3.92. The van der Waals surface area contributed by atoms with E-state index in [-0.39, 0.29) is 18.2 Å². The Labute approximate surface area is 160 Å². The lowest BCUT2D eigenvalue weighted by Crippen LogP contribution is -2.41. The Balaban J connectivity index is 1.69. The van der Waals surface area contributed by atoms with Gasteiger partial charge in [0.15, 0.2) is 0 Å². The number of nitrogens with one attached hydrogen (secondary N) is 2. The van der Waals surface area contributed by atoms with Crippen molar-refractivity contribution in [3.63, 3.8) is 0 Å². The van der Waals surface area contributed by atoms with Crippen LogP contribution in [0, 0.1) is 0 Å². The summed E-state index contributed by atoms with van der Waals surface area (Å²) < 4.78 is 0. The fraction of sp³-hybridized carbons (Fsp3) is 0.550. The van der Waals surface area contributed by atoms with Crippen LogP contribution in [0.2, 0.25) is 0 Å². The third-order valence-corrected chi connectivity index (χ3v) is 5.69. The van der Waals surface area contributed by atoms with Crippen molar-refractivity contribution in [1.82, 2.24) is 15.5 Å². The van der Waals surface area contributed by atoms with Gasteiger partial charge in [-0.05, 0) is 50.1 Å². The molecule has 0 saturated carbocycles. The van der Waals surface area contributed by atoms with E-state index >= 15 is 0 Å². The summed E-state index contributed by atoms with van der Waals surface area (Å²) in [5.74, 6) is -0.252. The van der Waals surface area contributed by atoms with Crippen molar-refractivity contribution in [1.29, 1.82) is 0 Å². The van der Waals surface area contributed by atoms with Gasteiger partial charge >= 0.3 is 0 Å². The van der Waals surface area contributed by atoms with Gasteiger partial charge in [0.05, 0.1) is 6.04 Å². The van der Waals surface area contributed by atoms with Gasteiger partial charge in [-0.25, -0.2) is 0 Å². The van der Waals surface area contributed by atoms with E-state index in [4.69, 9.17) is 0 Å². The quantitative estimate of drug-likeness (QED) is 0.696. The van der Waals surface area contributed by atoms with Crippen LogP contribution in [-0.4, -0.2) is 62.3 Å². The van der Waals surface area contributed by atoms with E-state index in [9.17, 15) is 14.4 Å². The number of nitrogens with zero attached hydrogens (tertiary/aromatic N) is 2. The van der Waals surface area contributed by atoms with Crippen LogP contribution in [0.25, 0.3) is 0 Å². The molecule has 7 heteroatoms. The molecule has 1 unspecified atom stereocenters. The van der Waals surface area contributed by atoms with Gasteiger partial charge in [-0.2, -0.15) is 0 Å². The maximum atomic E-state index is 12.7. The van der Waals surface area contributed by atoms with E-state index in [1.165, 1.54) is 0 Å². The number of piperidine rings is 1. The Morgan fingerprint density at radius 2 is 2.04 bits per heavy atom. The third kappa shape index (κ3) is 4.13. The largest absolute Gasteiger partial charge is 0.371 e. The van der Waals surface area contributed by atoms with Gasteiger partial charge in [0, 0.05) is 50.4 Å². The minimum absolute atomic E-state index is 0.126. The van der Waals surface area contributed by atoms with Gasteiger partial charge in [0.2, 0.25) is 5.91 Å². The number of hydrogen-bond acceptors (Lipinski definition) is 5. The molecule has 1 fully saturated rings. The van der Waals surface area contributed by atoms with Crippen LogP contribution < -0.4 is 15.5 Å². The molecule has 0 spiro atoms. The van der Waals surface area contributed by atoms with Crippen molar-refractivity contribution in [2.24, 2.45) is 0 Å². The highest BCUT2D eigenvalue weighted by Crippen LogP contribution is 2.30. The molecular weight excluding hydrogens is 344 g/mol. The molecule has 2 heterocycles. The first-order chi connectivity index (χ1) is 13.1. The number of carbonyl (C=O) groups excluding carboxylic acids is 3. The van der Waals surface area contributed by atoms with Gasteiger partial charge in [-0.15, -0.1) is 0 Å². The minimum atomic E-state index is -0.572. The summed E-state index contributed by atoms with van der Waals surface area (Å²) in [6.07, 6.45) is 3.55. The second-order valence-corrected chi connectivity index (χ2v) is 7.24. The molecule has 2 amide bonds. The van der Waals surface area contributed by atoms with Crippen LogP contribution in [0.1, 0.15) is 41.6 Å². The maximum Gasteiger partial charge on any atom is 0.255 e. The molecule has 1 aromatic carbocycles. The van der Waals surface area contributed by atoms with E-state index in [1.54, 1.807) is 11.9 Å². The highest BCUT2D eigenvalue weighted by atomic mass is 16.2. The molecule has 27 heavy (non-hydrogen) atoms. The zero-order valence-corrected chi connectivity index (χ0v) is 16.0. The van der Waals surface area contributed by atoms with E-state index in [0.717, 1.165) is 43.5 Å². The topological polar surface area (TPSA) is 81.8 Å². The first-order valence-corrected chi connectivity index (χ1v) is 9.59. The van der Waals surface area contributed by atoms with E-state index in [1.807, 2.05) is 19.2 Å². The van der Waals surface area contributed by atoms with Crippen molar-refractivity contribution in [2.45, 2.75) is 44.3 Å². The van der Waals surface area contributed by atoms with Gasteiger partial charge in [-0.3, -0.25) is 9.59 Å². The predicted octanol–water partition coefficient (Wildman–Crippen LogP) is 0.924. The van der Waals surface area contributed by atoms with Crippen molar-refractivity contribution >= 4 is 23.8 Å². The molecule has 0 radical (unpaired) electrons. The number of carbonyl (C=O) groups is 3. The van der Waals surface area contributed by atoms with E-state index in [0.29, 0.717) is 24.6 Å². The monoisotopic (exact) mass is 372 g/mol. The smallest absolute Gasteiger partial charge is 0.255 e. The van der Waals surface area contributed by atoms with E-state index in [2.05, 4.69) is 21.6 Å².